The first-order chi connectivity index (χ1) is 4.66. The fraction of sp³-hybridized carbons (Fsp3) is 0.429. The van der Waals surface area contributed by atoms with Crippen LogP contribution in [-0.4, -0.2) is 15.8 Å². The summed E-state index contributed by atoms with van der Waals surface area (Å²) < 4.78 is 1.89. The summed E-state index contributed by atoms with van der Waals surface area (Å²) in [6.07, 6.45) is 0.780. The van der Waals surface area contributed by atoms with E-state index < -0.39 is 0 Å². The summed E-state index contributed by atoms with van der Waals surface area (Å²) in [5.41, 5.74) is 1.47. The van der Waals surface area contributed by atoms with Gasteiger partial charge in [0.1, 0.15) is 11.5 Å². The first-order valence-corrected chi connectivity index (χ1v) is 3.12. The number of aryl methyl sites for hydroxylation is 1. The molecule has 54 valence electrons. The summed E-state index contributed by atoms with van der Waals surface area (Å²) in [5, 5.41) is 0. The number of carbonyl (C=O) groups excluding carboxylic acids is 1. The summed E-state index contributed by atoms with van der Waals surface area (Å²) in [6.45, 7) is 3.75. The van der Waals surface area contributed by atoms with E-state index in [2.05, 4.69) is 4.98 Å². The molecular formula is C7H10N2O. The number of aldehydes is 1. The molecule has 0 spiro atoms. The Morgan fingerprint density at radius 2 is 2.10 bits per heavy atom. The normalized spacial score (nSPS) is 9.90. The van der Waals surface area contributed by atoms with Crippen molar-refractivity contribution < 1.29 is 4.79 Å². The second-order valence-corrected chi connectivity index (χ2v) is 2.31. The Morgan fingerprint density at radius 3 is 2.30 bits per heavy atom. The number of carbonyl (C=O) groups is 1. The number of imidazole rings is 1. The van der Waals surface area contributed by atoms with E-state index in [1.54, 1.807) is 0 Å². The molecular weight excluding hydrogens is 128 g/mol. The average molecular weight is 138 g/mol. The van der Waals surface area contributed by atoms with E-state index in [0.29, 0.717) is 5.69 Å². The summed E-state index contributed by atoms with van der Waals surface area (Å²) in [5.74, 6) is 0.875. The van der Waals surface area contributed by atoms with Crippen LogP contribution in [0.3, 0.4) is 0 Å². The maximum Gasteiger partial charge on any atom is 0.170 e. The van der Waals surface area contributed by atoms with Crippen molar-refractivity contribution in [2.24, 2.45) is 7.05 Å². The van der Waals surface area contributed by atoms with Gasteiger partial charge in [0.25, 0.3) is 0 Å². The highest BCUT2D eigenvalue weighted by Gasteiger charge is 2.04. The van der Waals surface area contributed by atoms with E-state index in [4.69, 9.17) is 0 Å². The Labute approximate surface area is 59.7 Å². The maximum atomic E-state index is 10.3. The topological polar surface area (TPSA) is 34.9 Å². The molecule has 0 radical (unpaired) electrons. The Morgan fingerprint density at radius 1 is 1.50 bits per heavy atom. The molecule has 0 unspecified atom stereocenters. The smallest absolute Gasteiger partial charge is 0.170 e. The number of hydrogen-bond donors (Lipinski definition) is 0. The molecule has 0 aliphatic carbocycles. The highest BCUT2D eigenvalue weighted by atomic mass is 16.1. The SMILES string of the molecule is Cc1nc(C=O)c(C)n1C. The van der Waals surface area contributed by atoms with Crippen LogP contribution < -0.4 is 0 Å². The minimum atomic E-state index is 0.542. The summed E-state index contributed by atoms with van der Waals surface area (Å²) in [4.78, 5) is 14.3. The molecule has 0 atom stereocenters. The molecule has 0 fully saturated rings. The van der Waals surface area contributed by atoms with Crippen molar-refractivity contribution in [2.75, 3.05) is 0 Å². The van der Waals surface area contributed by atoms with Crippen LogP contribution in [0.1, 0.15) is 22.0 Å². The maximum absolute atomic E-state index is 10.3. The van der Waals surface area contributed by atoms with Crippen LogP contribution in [0.15, 0.2) is 0 Å². The second-order valence-electron chi connectivity index (χ2n) is 2.31. The monoisotopic (exact) mass is 138 g/mol. The van der Waals surface area contributed by atoms with Crippen molar-refractivity contribution in [1.82, 2.24) is 9.55 Å². The van der Waals surface area contributed by atoms with Crippen LogP contribution in [-0.2, 0) is 7.05 Å². The predicted molar refractivity (Wildman–Crippen MR) is 38.1 cm³/mol. The minimum Gasteiger partial charge on any atom is -0.335 e. The molecule has 0 N–H and O–H groups in total. The van der Waals surface area contributed by atoms with Crippen LogP contribution in [0.2, 0.25) is 0 Å². The van der Waals surface area contributed by atoms with Crippen molar-refractivity contribution in [2.45, 2.75) is 13.8 Å². The van der Waals surface area contributed by atoms with E-state index in [1.807, 2.05) is 25.5 Å². The van der Waals surface area contributed by atoms with Gasteiger partial charge in [-0.15, -0.1) is 0 Å². The zero-order chi connectivity index (χ0) is 7.72. The second kappa shape index (κ2) is 2.25. The van der Waals surface area contributed by atoms with Crippen molar-refractivity contribution in [3.05, 3.63) is 17.2 Å². The van der Waals surface area contributed by atoms with Gasteiger partial charge in [-0.2, -0.15) is 0 Å². The zero-order valence-electron chi connectivity index (χ0n) is 6.38. The standard InChI is InChI=1S/C7H10N2O/c1-5-7(4-10)8-6(2)9(5)3/h4H,1-3H3. The lowest BCUT2D eigenvalue weighted by atomic mass is 10.4. The van der Waals surface area contributed by atoms with E-state index in [1.165, 1.54) is 0 Å². The minimum absolute atomic E-state index is 0.542. The molecule has 0 aliphatic heterocycles. The highest BCUT2D eigenvalue weighted by molar-refractivity contribution is 5.73. The Bertz CT molecular complexity index is 263. The van der Waals surface area contributed by atoms with E-state index in [-0.39, 0.29) is 0 Å². The van der Waals surface area contributed by atoms with Gasteiger partial charge in [0.15, 0.2) is 6.29 Å². The van der Waals surface area contributed by atoms with E-state index in [9.17, 15) is 4.79 Å². The zero-order valence-corrected chi connectivity index (χ0v) is 6.38. The van der Waals surface area contributed by atoms with Gasteiger partial charge in [-0.1, -0.05) is 0 Å². The molecule has 0 saturated carbocycles. The average Bonchev–Trinajstić information content (AvgIpc) is 2.17. The summed E-state index contributed by atoms with van der Waals surface area (Å²) in [7, 11) is 1.89. The first kappa shape index (κ1) is 6.99. The third kappa shape index (κ3) is 0.835. The van der Waals surface area contributed by atoms with Gasteiger partial charge in [-0.25, -0.2) is 4.98 Å². The molecule has 1 heterocycles. The van der Waals surface area contributed by atoms with Crippen LogP contribution in [0, 0.1) is 13.8 Å². The van der Waals surface area contributed by atoms with Gasteiger partial charge in [-0.3, -0.25) is 4.79 Å². The molecule has 0 saturated heterocycles. The van der Waals surface area contributed by atoms with Gasteiger partial charge < -0.3 is 4.57 Å². The molecule has 0 bridgehead atoms. The van der Waals surface area contributed by atoms with Crippen LogP contribution in [0.4, 0.5) is 0 Å². The largest absolute Gasteiger partial charge is 0.335 e. The van der Waals surface area contributed by atoms with Crippen molar-refractivity contribution in [3.8, 4) is 0 Å². The quantitative estimate of drug-likeness (QED) is 0.539. The van der Waals surface area contributed by atoms with Gasteiger partial charge in [0.2, 0.25) is 0 Å². The van der Waals surface area contributed by atoms with Gasteiger partial charge in [-0.05, 0) is 13.8 Å². The van der Waals surface area contributed by atoms with Gasteiger partial charge >= 0.3 is 0 Å². The molecule has 0 aromatic carbocycles. The molecule has 10 heavy (non-hydrogen) atoms. The molecule has 3 nitrogen and oxygen atoms in total. The van der Waals surface area contributed by atoms with Crippen LogP contribution >= 0.6 is 0 Å². The molecule has 1 rings (SSSR count). The third-order valence-electron chi connectivity index (χ3n) is 1.75. The van der Waals surface area contributed by atoms with Gasteiger partial charge in [0, 0.05) is 12.7 Å². The molecule has 0 amide bonds. The highest BCUT2D eigenvalue weighted by Crippen LogP contribution is 2.04. The Balaban J connectivity index is 3.30. The first-order valence-electron chi connectivity index (χ1n) is 3.12. The molecule has 1 aromatic rings. The fourth-order valence-electron chi connectivity index (χ4n) is 0.856. The fourth-order valence-corrected chi connectivity index (χ4v) is 0.856. The number of nitrogens with zero attached hydrogens (tertiary/aromatic N) is 2. The van der Waals surface area contributed by atoms with Crippen molar-refractivity contribution in [3.63, 3.8) is 0 Å². The van der Waals surface area contributed by atoms with Crippen molar-refractivity contribution in [1.29, 1.82) is 0 Å². The molecule has 3 heteroatoms. The lowest BCUT2D eigenvalue weighted by Gasteiger charge is -1.94. The Hall–Kier alpha value is -1.12. The Kier molecular flexibility index (Phi) is 1.57. The predicted octanol–water partition coefficient (Wildman–Crippen LogP) is 0.849. The van der Waals surface area contributed by atoms with E-state index >= 15 is 0 Å². The van der Waals surface area contributed by atoms with Crippen molar-refractivity contribution >= 4 is 6.29 Å². The number of aromatic nitrogens is 2. The molecule has 1 aromatic heterocycles. The number of rotatable bonds is 1. The lowest BCUT2D eigenvalue weighted by molar-refractivity contribution is 0.111. The summed E-state index contributed by atoms with van der Waals surface area (Å²) >= 11 is 0. The van der Waals surface area contributed by atoms with Crippen LogP contribution in [0.5, 0.6) is 0 Å². The summed E-state index contributed by atoms with van der Waals surface area (Å²) in [6, 6.07) is 0. The van der Waals surface area contributed by atoms with Gasteiger partial charge in [0.05, 0.1) is 0 Å². The molecule has 0 aliphatic rings. The third-order valence-corrected chi connectivity index (χ3v) is 1.75. The lowest BCUT2D eigenvalue weighted by Crippen LogP contribution is -1.93. The van der Waals surface area contributed by atoms with Crippen LogP contribution in [0.25, 0.3) is 0 Å². The number of hydrogen-bond acceptors (Lipinski definition) is 2. The van der Waals surface area contributed by atoms with E-state index in [0.717, 1.165) is 17.8 Å².